The van der Waals surface area contributed by atoms with Crippen LogP contribution in [0, 0.1) is 5.82 Å². The van der Waals surface area contributed by atoms with Gasteiger partial charge in [-0.15, -0.1) is 0 Å². The molecule has 0 aliphatic rings. The fourth-order valence-corrected chi connectivity index (χ4v) is 2.34. The molecule has 1 heterocycles. The molecule has 1 aromatic heterocycles. The number of pyridine rings is 1. The minimum Gasteiger partial charge on any atom is -0.468 e. The molecule has 152 valence electrons. The summed E-state index contributed by atoms with van der Waals surface area (Å²) in [5.74, 6) is -0.547. The van der Waals surface area contributed by atoms with Gasteiger partial charge < -0.3 is 20.3 Å². The fraction of sp³-hybridized carbons (Fsp3) is 0.333. The van der Waals surface area contributed by atoms with Crippen molar-refractivity contribution in [3.63, 3.8) is 0 Å². The first-order chi connectivity index (χ1) is 13.1. The number of carbonyl (C=O) groups excluding carboxylic acids is 1. The van der Waals surface area contributed by atoms with Gasteiger partial charge in [0.1, 0.15) is 5.82 Å². The summed E-state index contributed by atoms with van der Waals surface area (Å²) in [4.78, 5) is 17.6. The molecule has 0 radical (unpaired) electrons. The lowest BCUT2D eigenvalue weighted by molar-refractivity contribution is -0.154. The summed E-state index contributed by atoms with van der Waals surface area (Å²) in [6.45, 7) is -1.19. The maximum atomic E-state index is 13.1. The van der Waals surface area contributed by atoms with Gasteiger partial charge in [-0.2, -0.15) is 13.2 Å². The Morgan fingerprint density at radius 2 is 1.86 bits per heavy atom. The smallest absolute Gasteiger partial charge is 0.422 e. The molecule has 0 fully saturated rings. The number of anilines is 1. The molecule has 2 rings (SSSR count). The maximum Gasteiger partial charge on any atom is 0.422 e. The van der Waals surface area contributed by atoms with Crippen LogP contribution in [0.2, 0.25) is 0 Å². The number of hydrogen-bond donors (Lipinski definition) is 2. The number of amides is 2. The second-order valence-electron chi connectivity index (χ2n) is 6.15. The van der Waals surface area contributed by atoms with Crippen LogP contribution in [0.4, 0.5) is 28.0 Å². The Labute approximate surface area is 159 Å². The Bertz CT molecular complexity index is 765. The summed E-state index contributed by atoms with van der Waals surface area (Å²) < 4.78 is 53.9. The molecule has 0 saturated heterocycles. The molecular weight excluding hydrogens is 380 g/mol. The molecule has 0 aliphatic carbocycles. The van der Waals surface area contributed by atoms with Crippen LogP contribution < -0.4 is 15.4 Å². The van der Waals surface area contributed by atoms with Crippen molar-refractivity contribution < 1.29 is 27.1 Å². The topological polar surface area (TPSA) is 66.5 Å². The summed E-state index contributed by atoms with van der Waals surface area (Å²) in [6.07, 6.45) is -3.26. The van der Waals surface area contributed by atoms with E-state index in [9.17, 15) is 22.4 Å². The molecule has 28 heavy (non-hydrogen) atoms. The van der Waals surface area contributed by atoms with E-state index < -0.39 is 18.8 Å². The molecule has 2 aromatic rings. The predicted molar refractivity (Wildman–Crippen MR) is 95.6 cm³/mol. The van der Waals surface area contributed by atoms with Gasteiger partial charge in [0, 0.05) is 12.6 Å². The highest BCUT2D eigenvalue weighted by Crippen LogP contribution is 2.19. The lowest BCUT2D eigenvalue weighted by Gasteiger charge is -2.25. The molecule has 6 nitrogen and oxygen atoms in total. The van der Waals surface area contributed by atoms with Crippen molar-refractivity contribution in [2.24, 2.45) is 0 Å². The van der Waals surface area contributed by atoms with E-state index in [1.165, 1.54) is 30.5 Å². The first-order valence-electron chi connectivity index (χ1n) is 8.26. The minimum atomic E-state index is -4.45. The molecule has 2 amide bonds. The van der Waals surface area contributed by atoms with Crippen molar-refractivity contribution >= 4 is 11.7 Å². The normalized spacial score (nSPS) is 12.5. The average Bonchev–Trinajstić information content (AvgIpc) is 2.62. The zero-order chi connectivity index (χ0) is 20.7. The zero-order valence-electron chi connectivity index (χ0n) is 15.3. The van der Waals surface area contributed by atoms with E-state index in [1.54, 1.807) is 12.1 Å². The third-order valence-corrected chi connectivity index (χ3v) is 3.71. The van der Waals surface area contributed by atoms with Gasteiger partial charge in [-0.1, -0.05) is 12.1 Å². The van der Waals surface area contributed by atoms with E-state index in [2.05, 4.69) is 20.4 Å². The van der Waals surface area contributed by atoms with Gasteiger partial charge >= 0.3 is 12.2 Å². The van der Waals surface area contributed by atoms with Crippen LogP contribution in [0.25, 0.3) is 0 Å². The Balaban J connectivity index is 1.87. The van der Waals surface area contributed by atoms with Crippen LogP contribution >= 0.6 is 0 Å². The lowest BCUT2D eigenvalue weighted by atomic mass is 10.1. The summed E-state index contributed by atoms with van der Waals surface area (Å²) in [7, 11) is 3.66. The Morgan fingerprint density at radius 1 is 1.18 bits per heavy atom. The molecule has 0 spiro atoms. The molecule has 1 aromatic carbocycles. The van der Waals surface area contributed by atoms with Gasteiger partial charge in [-0.3, -0.25) is 0 Å². The van der Waals surface area contributed by atoms with Gasteiger partial charge in [0.05, 0.1) is 17.9 Å². The second kappa shape index (κ2) is 9.36. The molecule has 0 aliphatic heterocycles. The number of halogens is 4. The molecular formula is C18H20F4N4O2. The monoisotopic (exact) mass is 400 g/mol. The van der Waals surface area contributed by atoms with Crippen LogP contribution in [-0.4, -0.2) is 49.3 Å². The van der Waals surface area contributed by atoms with Crippen molar-refractivity contribution in [1.29, 1.82) is 0 Å². The third-order valence-electron chi connectivity index (χ3n) is 3.71. The van der Waals surface area contributed by atoms with Gasteiger partial charge in [-0.05, 0) is 37.9 Å². The highest BCUT2D eigenvalue weighted by atomic mass is 19.4. The van der Waals surface area contributed by atoms with Crippen LogP contribution in [0.3, 0.4) is 0 Å². The number of carbonyl (C=O) groups is 1. The fourth-order valence-electron chi connectivity index (χ4n) is 2.34. The third kappa shape index (κ3) is 7.03. The number of benzene rings is 1. The number of alkyl halides is 3. The standard InChI is InChI=1S/C18H20F4N4O2/c1-26(2)15(12-3-5-13(19)6-4-12)10-24-17(27)25-14-7-8-16(23-9-14)28-11-18(20,21)22/h3-9,15H,10-11H2,1-2H3,(H2,24,25,27). The highest BCUT2D eigenvalue weighted by molar-refractivity contribution is 5.89. The van der Waals surface area contributed by atoms with Crippen molar-refractivity contribution in [3.05, 3.63) is 54.0 Å². The van der Waals surface area contributed by atoms with Crippen molar-refractivity contribution in [1.82, 2.24) is 15.2 Å². The first kappa shape index (κ1) is 21.4. The SMILES string of the molecule is CN(C)C(CNC(=O)Nc1ccc(OCC(F)(F)F)nc1)c1ccc(F)cc1. The predicted octanol–water partition coefficient (Wildman–Crippen LogP) is 3.59. The van der Waals surface area contributed by atoms with E-state index in [1.807, 2.05) is 19.0 Å². The van der Waals surface area contributed by atoms with E-state index >= 15 is 0 Å². The number of urea groups is 1. The van der Waals surface area contributed by atoms with Gasteiger partial charge in [0.15, 0.2) is 6.61 Å². The summed E-state index contributed by atoms with van der Waals surface area (Å²) in [5, 5.41) is 5.22. The van der Waals surface area contributed by atoms with Crippen LogP contribution in [0.1, 0.15) is 11.6 Å². The number of hydrogen-bond acceptors (Lipinski definition) is 4. The Hall–Kier alpha value is -2.88. The largest absolute Gasteiger partial charge is 0.468 e. The van der Waals surface area contributed by atoms with E-state index in [4.69, 9.17) is 0 Å². The quantitative estimate of drug-likeness (QED) is 0.698. The van der Waals surface area contributed by atoms with E-state index in [0.717, 1.165) is 5.56 Å². The van der Waals surface area contributed by atoms with Crippen molar-refractivity contribution in [3.8, 4) is 5.88 Å². The van der Waals surface area contributed by atoms with Crippen molar-refractivity contribution in [2.75, 3.05) is 32.6 Å². The molecule has 0 bridgehead atoms. The minimum absolute atomic E-state index is 0.178. The van der Waals surface area contributed by atoms with Crippen LogP contribution in [0.15, 0.2) is 42.6 Å². The summed E-state index contributed by atoms with van der Waals surface area (Å²) in [6, 6.07) is 7.89. The second-order valence-corrected chi connectivity index (χ2v) is 6.15. The molecule has 2 N–H and O–H groups in total. The van der Waals surface area contributed by atoms with E-state index in [-0.39, 0.29) is 24.3 Å². The van der Waals surface area contributed by atoms with Crippen molar-refractivity contribution in [2.45, 2.75) is 12.2 Å². The summed E-state index contributed by atoms with van der Waals surface area (Å²) >= 11 is 0. The van der Waals surface area contributed by atoms with Gasteiger partial charge in [0.25, 0.3) is 0 Å². The summed E-state index contributed by atoms with van der Waals surface area (Å²) in [5.41, 5.74) is 1.12. The number of likely N-dealkylation sites (N-methyl/N-ethyl adjacent to an activating group) is 1. The molecule has 1 unspecified atom stereocenters. The number of ether oxygens (including phenoxy) is 1. The van der Waals surface area contributed by atoms with Crippen LogP contribution in [-0.2, 0) is 0 Å². The number of nitrogens with zero attached hydrogens (tertiary/aromatic N) is 2. The number of nitrogens with one attached hydrogen (secondary N) is 2. The Morgan fingerprint density at radius 3 is 2.39 bits per heavy atom. The lowest BCUT2D eigenvalue weighted by Crippen LogP contribution is -2.36. The number of rotatable bonds is 7. The molecule has 0 saturated carbocycles. The molecule has 1 atom stereocenters. The van der Waals surface area contributed by atoms with Gasteiger partial charge in [-0.25, -0.2) is 14.2 Å². The average molecular weight is 400 g/mol. The number of aromatic nitrogens is 1. The molecule has 10 heteroatoms. The van der Waals surface area contributed by atoms with Crippen LogP contribution in [0.5, 0.6) is 5.88 Å². The Kier molecular flexibility index (Phi) is 7.16. The maximum absolute atomic E-state index is 13.1. The zero-order valence-corrected chi connectivity index (χ0v) is 15.3. The highest BCUT2D eigenvalue weighted by Gasteiger charge is 2.28. The van der Waals surface area contributed by atoms with E-state index in [0.29, 0.717) is 5.69 Å². The first-order valence-corrected chi connectivity index (χ1v) is 8.26. The van der Waals surface area contributed by atoms with Gasteiger partial charge in [0.2, 0.25) is 5.88 Å².